The fraction of sp³-hybridized carbons (Fsp3) is 0.435. The van der Waals surface area contributed by atoms with Crippen molar-refractivity contribution in [2.24, 2.45) is 5.92 Å². The number of halogens is 3. The molecule has 0 spiro atoms. The second-order valence-electron chi connectivity index (χ2n) is 9.23. The van der Waals surface area contributed by atoms with Crippen LogP contribution in [0.2, 0.25) is 0 Å². The van der Waals surface area contributed by atoms with E-state index in [4.69, 9.17) is 0 Å². The summed E-state index contributed by atoms with van der Waals surface area (Å²) in [5.41, 5.74) is 1.69. The molecule has 1 aliphatic heterocycles. The van der Waals surface area contributed by atoms with E-state index < -0.39 is 40.5 Å². The van der Waals surface area contributed by atoms with Gasteiger partial charge >= 0.3 is 6.18 Å². The molecule has 1 amide bonds. The van der Waals surface area contributed by atoms with Gasteiger partial charge in [0.15, 0.2) is 5.65 Å². The molecule has 0 radical (unpaired) electrons. The number of sulfonamides is 1. The summed E-state index contributed by atoms with van der Waals surface area (Å²) in [5, 5.41) is 2.84. The number of likely N-dealkylation sites (tertiary alicyclic amines) is 1. The Labute approximate surface area is 205 Å². The third kappa shape index (κ3) is 4.97. The second-order valence-corrected chi connectivity index (χ2v) is 11.0. The number of amides is 1. The number of aromatic nitrogens is 3. The van der Waals surface area contributed by atoms with Crippen molar-refractivity contribution < 1.29 is 26.4 Å². The number of piperidine rings is 1. The molecule has 2 N–H and O–H groups in total. The van der Waals surface area contributed by atoms with Crippen LogP contribution in [0, 0.1) is 26.7 Å². The molecular weight excluding hydrogens is 499 g/mol. The van der Waals surface area contributed by atoms with Crippen LogP contribution >= 0.6 is 0 Å². The molecule has 9 nitrogen and oxygen atoms in total. The number of H-pyrrole nitrogens is 1. The molecule has 36 heavy (non-hydrogen) atoms. The zero-order chi connectivity index (χ0) is 26.6. The monoisotopic (exact) mass is 525 g/mol. The Hall–Kier alpha value is -3.35. The zero-order valence-electron chi connectivity index (χ0n) is 20.1. The van der Waals surface area contributed by atoms with Crippen LogP contribution in [0.25, 0.3) is 5.65 Å². The molecule has 0 bridgehead atoms. The molecule has 194 valence electrons. The fourth-order valence-electron chi connectivity index (χ4n) is 4.49. The third-order valence-electron chi connectivity index (χ3n) is 6.49. The summed E-state index contributed by atoms with van der Waals surface area (Å²) in [7, 11) is -3.72. The van der Waals surface area contributed by atoms with Gasteiger partial charge < -0.3 is 4.90 Å². The molecule has 2 unspecified atom stereocenters. The second kappa shape index (κ2) is 8.95. The van der Waals surface area contributed by atoms with Crippen molar-refractivity contribution in [3.63, 3.8) is 0 Å². The first-order chi connectivity index (χ1) is 16.7. The average molecular weight is 526 g/mol. The summed E-state index contributed by atoms with van der Waals surface area (Å²) in [6, 6.07) is 4.99. The molecule has 2 atom stereocenters. The van der Waals surface area contributed by atoms with Crippen molar-refractivity contribution in [2.75, 3.05) is 17.5 Å². The van der Waals surface area contributed by atoms with Crippen molar-refractivity contribution >= 4 is 27.3 Å². The summed E-state index contributed by atoms with van der Waals surface area (Å²) in [6.07, 6.45) is -4.25. The van der Waals surface area contributed by atoms with E-state index in [1.54, 1.807) is 26.8 Å². The van der Waals surface area contributed by atoms with Crippen molar-refractivity contribution in [3.8, 4) is 0 Å². The van der Waals surface area contributed by atoms with E-state index in [1.807, 2.05) is 0 Å². The Morgan fingerprint density at radius 2 is 1.89 bits per heavy atom. The van der Waals surface area contributed by atoms with Gasteiger partial charge in [-0.2, -0.15) is 13.2 Å². The van der Waals surface area contributed by atoms with Crippen LogP contribution in [-0.4, -0.2) is 52.8 Å². The first-order valence-corrected chi connectivity index (χ1v) is 13.1. The van der Waals surface area contributed by atoms with Gasteiger partial charge in [0.25, 0.3) is 11.5 Å². The van der Waals surface area contributed by atoms with Gasteiger partial charge in [0.2, 0.25) is 10.0 Å². The highest BCUT2D eigenvalue weighted by Gasteiger charge is 2.46. The maximum Gasteiger partial charge on any atom is 0.391 e. The number of fused-ring (bicyclic) bond motifs is 1. The summed E-state index contributed by atoms with van der Waals surface area (Å²) >= 11 is 0. The van der Waals surface area contributed by atoms with Crippen LogP contribution in [-0.2, 0) is 10.0 Å². The normalized spacial score (nSPS) is 19.0. The third-order valence-corrected chi connectivity index (χ3v) is 7.08. The average Bonchev–Trinajstić information content (AvgIpc) is 3.20. The van der Waals surface area contributed by atoms with Crippen molar-refractivity contribution in [3.05, 3.63) is 62.7 Å². The number of carbonyl (C=O) groups is 1. The van der Waals surface area contributed by atoms with Gasteiger partial charge in [-0.1, -0.05) is 11.6 Å². The number of carbonyl (C=O) groups excluding carboxylic acids is 1. The lowest BCUT2D eigenvalue weighted by Gasteiger charge is -2.39. The number of aryl methyl sites for hydroxylation is 2. The smallest absolute Gasteiger partial charge is 0.330 e. The maximum absolute atomic E-state index is 13.7. The maximum atomic E-state index is 13.7. The number of nitrogens with one attached hydrogen (secondary N) is 2. The van der Waals surface area contributed by atoms with E-state index in [9.17, 15) is 31.2 Å². The summed E-state index contributed by atoms with van der Waals surface area (Å²) in [6.45, 7) is 4.76. The van der Waals surface area contributed by atoms with E-state index in [-0.39, 0.29) is 41.1 Å². The first-order valence-electron chi connectivity index (χ1n) is 11.2. The lowest BCUT2D eigenvalue weighted by molar-refractivity contribution is -0.188. The quantitative estimate of drug-likeness (QED) is 0.541. The molecule has 4 rings (SSSR count). The van der Waals surface area contributed by atoms with Gasteiger partial charge in [-0.15, -0.1) is 0 Å². The molecule has 3 aromatic rings. The zero-order valence-corrected chi connectivity index (χ0v) is 20.9. The largest absolute Gasteiger partial charge is 0.391 e. The molecule has 1 saturated heterocycles. The van der Waals surface area contributed by atoms with Gasteiger partial charge in [0, 0.05) is 23.9 Å². The Morgan fingerprint density at radius 3 is 2.53 bits per heavy atom. The van der Waals surface area contributed by atoms with E-state index >= 15 is 0 Å². The van der Waals surface area contributed by atoms with E-state index in [0.29, 0.717) is 16.8 Å². The minimum absolute atomic E-state index is 0.0222. The number of nitrogens with zero attached hydrogens (tertiary/aromatic N) is 3. The van der Waals surface area contributed by atoms with Gasteiger partial charge in [-0.25, -0.2) is 17.9 Å². The first kappa shape index (κ1) is 25.7. The van der Waals surface area contributed by atoms with Crippen molar-refractivity contribution in [2.45, 2.75) is 45.8 Å². The van der Waals surface area contributed by atoms with Crippen LogP contribution in [0.15, 0.2) is 29.1 Å². The number of benzene rings is 1. The predicted molar refractivity (Wildman–Crippen MR) is 127 cm³/mol. The summed E-state index contributed by atoms with van der Waals surface area (Å²) in [4.78, 5) is 32.0. The lowest BCUT2D eigenvalue weighted by atomic mass is 9.88. The Morgan fingerprint density at radius 1 is 1.19 bits per heavy atom. The highest BCUT2D eigenvalue weighted by molar-refractivity contribution is 7.92. The van der Waals surface area contributed by atoms with E-state index in [2.05, 4.69) is 14.8 Å². The van der Waals surface area contributed by atoms with Gasteiger partial charge in [-0.3, -0.25) is 19.4 Å². The fourth-order valence-corrected chi connectivity index (χ4v) is 5.06. The minimum atomic E-state index is -4.46. The Kier molecular flexibility index (Phi) is 6.40. The molecule has 2 aromatic heterocycles. The number of hydrogen-bond donors (Lipinski definition) is 2. The Balaban J connectivity index is 1.82. The van der Waals surface area contributed by atoms with Crippen LogP contribution in [0.3, 0.4) is 0 Å². The molecule has 1 fully saturated rings. The number of rotatable bonds is 4. The Bertz CT molecular complexity index is 1510. The van der Waals surface area contributed by atoms with Crippen molar-refractivity contribution in [1.82, 2.24) is 19.5 Å². The molecule has 3 heterocycles. The van der Waals surface area contributed by atoms with Crippen LogP contribution in [0.1, 0.15) is 51.8 Å². The topological polar surface area (TPSA) is 117 Å². The van der Waals surface area contributed by atoms with Crippen LogP contribution < -0.4 is 10.3 Å². The molecule has 0 saturated carbocycles. The molecule has 0 aliphatic carbocycles. The highest BCUT2D eigenvalue weighted by atomic mass is 32.2. The van der Waals surface area contributed by atoms with Crippen LogP contribution in [0.4, 0.5) is 18.9 Å². The number of aromatic amines is 1. The van der Waals surface area contributed by atoms with Gasteiger partial charge in [0.05, 0.1) is 35.2 Å². The van der Waals surface area contributed by atoms with Crippen molar-refractivity contribution in [1.29, 1.82) is 0 Å². The standard InChI is InChI=1S/C23H26F3N5O4S/c1-12-5-6-17(29-36(4,34)35)16(9-12)22(33)30-8-7-15(23(24,25)26)10-19(30)18-11-20-27-14(3)13(2)21(32)31(20)28-18/h5-6,9,11,15,19,28-29H,7-8,10H2,1-4H3. The molecule has 1 aromatic carbocycles. The lowest BCUT2D eigenvalue weighted by Crippen LogP contribution is -2.44. The molecule has 13 heteroatoms. The molecule has 1 aliphatic rings. The SMILES string of the molecule is Cc1ccc(NS(C)(=O)=O)c(C(=O)N2CCC(C(F)(F)F)CC2c2cc3nc(C)c(C)c(=O)n3[nH]2)c1. The summed E-state index contributed by atoms with van der Waals surface area (Å²) in [5.74, 6) is -2.28. The van der Waals surface area contributed by atoms with E-state index in [0.717, 1.165) is 10.8 Å². The van der Waals surface area contributed by atoms with E-state index in [1.165, 1.54) is 23.1 Å². The highest BCUT2D eigenvalue weighted by Crippen LogP contribution is 2.42. The predicted octanol–water partition coefficient (Wildman–Crippen LogP) is 3.48. The number of hydrogen-bond acceptors (Lipinski definition) is 5. The number of alkyl halides is 3. The number of anilines is 1. The van der Waals surface area contributed by atoms with Crippen LogP contribution in [0.5, 0.6) is 0 Å². The van der Waals surface area contributed by atoms with Gasteiger partial charge in [-0.05, 0) is 45.7 Å². The summed E-state index contributed by atoms with van der Waals surface area (Å²) < 4.78 is 68.3. The minimum Gasteiger partial charge on any atom is -0.330 e. The van der Waals surface area contributed by atoms with Gasteiger partial charge in [0.1, 0.15) is 0 Å². The molecular formula is C23H26F3N5O4S.